The molecule has 0 saturated heterocycles. The van der Waals surface area contributed by atoms with E-state index in [4.69, 9.17) is 4.42 Å². The summed E-state index contributed by atoms with van der Waals surface area (Å²) in [6.07, 6.45) is 3.43. The van der Waals surface area contributed by atoms with E-state index in [1.165, 1.54) is 30.3 Å². The fourth-order valence-electron chi connectivity index (χ4n) is 5.30. The quantitative estimate of drug-likeness (QED) is 0.0565. The minimum absolute atomic E-state index is 0.0121. The Morgan fingerprint density at radius 1 is 0.860 bits per heavy atom. The number of hydrogen-bond donors (Lipinski definition) is 4. The standard InChI is InChI=1S/C33H20N4O5S/c38-19-6-9-23-27(15-19)42-28-16-20(39)7-10-24(28)29(23)21-8-5-18(14-25(21)32(40)41)36-33(43)37-26-13-17-3-1-11-34-30(17)31-22(26)4-2-12-35-31/h1-16,38H,(H,40,41)(H2,36,37,43). The number of nitrogens with zero attached hydrogens (tertiary/aromatic N) is 3. The Labute approximate surface area is 248 Å². The van der Waals surface area contributed by atoms with Gasteiger partial charge < -0.3 is 19.9 Å². The molecule has 208 valence electrons. The summed E-state index contributed by atoms with van der Waals surface area (Å²) < 4.78 is 5.90. The van der Waals surface area contributed by atoms with E-state index in [-0.39, 0.29) is 27.7 Å². The molecule has 43 heavy (non-hydrogen) atoms. The number of phenols is 1. The fourth-order valence-corrected chi connectivity index (χ4v) is 5.53. The average molecular weight is 585 g/mol. The Kier molecular flexibility index (Phi) is 6.25. The second kappa shape index (κ2) is 10.3. The van der Waals surface area contributed by atoms with Crippen molar-refractivity contribution in [2.45, 2.75) is 0 Å². The molecule has 0 unspecified atom stereocenters. The summed E-state index contributed by atoms with van der Waals surface area (Å²) in [5.41, 5.74) is 4.13. The zero-order valence-corrected chi connectivity index (χ0v) is 23.0. The van der Waals surface area contributed by atoms with Gasteiger partial charge in [0.15, 0.2) is 10.6 Å². The molecule has 9 nitrogen and oxygen atoms in total. The highest BCUT2D eigenvalue weighted by Crippen LogP contribution is 2.42. The summed E-state index contributed by atoms with van der Waals surface area (Å²) in [5.74, 6) is -0.919. The van der Waals surface area contributed by atoms with Crippen LogP contribution in [0, 0.1) is 0 Å². The molecule has 3 heterocycles. The maximum atomic E-state index is 12.6. The number of pyridine rings is 2. The van der Waals surface area contributed by atoms with Crippen molar-refractivity contribution in [3.05, 3.63) is 113 Å². The first-order valence-electron chi connectivity index (χ1n) is 13.1. The van der Waals surface area contributed by atoms with E-state index in [2.05, 4.69) is 32.9 Å². The lowest BCUT2D eigenvalue weighted by Crippen LogP contribution is -2.06. The molecule has 2 aromatic heterocycles. The number of hydrogen-bond acceptors (Lipinski definition) is 7. The Morgan fingerprint density at radius 2 is 1.65 bits per heavy atom. The number of aliphatic imine (C=N–C) groups is 1. The maximum absolute atomic E-state index is 12.6. The lowest BCUT2D eigenvalue weighted by molar-refractivity contribution is 0.0697. The van der Waals surface area contributed by atoms with Gasteiger partial charge in [-0.2, -0.15) is 0 Å². The summed E-state index contributed by atoms with van der Waals surface area (Å²) in [6.45, 7) is 0. The normalized spacial score (nSPS) is 11.9. The number of aromatic hydroxyl groups is 1. The lowest BCUT2D eigenvalue weighted by Gasteiger charge is -2.17. The van der Waals surface area contributed by atoms with Crippen molar-refractivity contribution < 1.29 is 19.4 Å². The predicted octanol–water partition coefficient (Wildman–Crippen LogP) is 7.09. The van der Waals surface area contributed by atoms with Crippen LogP contribution in [-0.2, 0) is 0 Å². The summed E-state index contributed by atoms with van der Waals surface area (Å²) >= 11 is 4.56. The summed E-state index contributed by atoms with van der Waals surface area (Å²) in [4.78, 5) is 38.2. The van der Waals surface area contributed by atoms with Crippen LogP contribution in [0.2, 0.25) is 0 Å². The van der Waals surface area contributed by atoms with Crippen LogP contribution in [0.25, 0.3) is 55.2 Å². The third kappa shape index (κ3) is 4.69. The van der Waals surface area contributed by atoms with Crippen LogP contribution in [0.15, 0.2) is 112 Å². The van der Waals surface area contributed by atoms with Crippen LogP contribution in [0.1, 0.15) is 10.4 Å². The molecule has 0 fully saturated rings. The van der Waals surface area contributed by atoms with Gasteiger partial charge >= 0.3 is 5.97 Å². The van der Waals surface area contributed by atoms with Gasteiger partial charge in [-0.05, 0) is 66.2 Å². The first-order chi connectivity index (χ1) is 20.9. The topological polar surface area (TPSA) is 138 Å². The molecule has 0 amide bonds. The van der Waals surface area contributed by atoms with Crippen molar-refractivity contribution in [3.63, 3.8) is 0 Å². The minimum Gasteiger partial charge on any atom is -0.508 e. The predicted molar refractivity (Wildman–Crippen MR) is 170 cm³/mol. The van der Waals surface area contributed by atoms with E-state index < -0.39 is 5.97 Å². The number of nitrogens with one attached hydrogen (secondary N) is 1. The molecule has 0 radical (unpaired) electrons. The van der Waals surface area contributed by atoms with Gasteiger partial charge in [0.1, 0.15) is 17.1 Å². The fraction of sp³-hybridized carbons (Fsp3) is 0. The third-order valence-electron chi connectivity index (χ3n) is 7.12. The van der Waals surface area contributed by atoms with Crippen LogP contribution in [0.4, 0.5) is 11.4 Å². The second-order valence-corrected chi connectivity index (χ2v) is 10.2. The molecule has 0 atom stereocenters. The maximum Gasteiger partial charge on any atom is 0.336 e. The number of thiol groups is 1. The summed E-state index contributed by atoms with van der Waals surface area (Å²) in [7, 11) is 0. The zero-order valence-electron chi connectivity index (χ0n) is 22.1. The minimum atomic E-state index is -1.17. The van der Waals surface area contributed by atoms with Gasteiger partial charge in [-0.3, -0.25) is 14.8 Å². The summed E-state index contributed by atoms with van der Waals surface area (Å²) in [6, 6.07) is 23.2. The number of benzene rings is 4. The largest absolute Gasteiger partial charge is 0.508 e. The molecule has 7 rings (SSSR count). The average Bonchev–Trinajstić information content (AvgIpc) is 3.00. The first-order valence-corrected chi connectivity index (χ1v) is 13.5. The number of aromatic carboxylic acids is 1. The highest BCUT2D eigenvalue weighted by molar-refractivity contribution is 7.97. The van der Waals surface area contributed by atoms with Crippen LogP contribution >= 0.6 is 12.6 Å². The number of anilines is 1. The monoisotopic (exact) mass is 584 g/mol. The molecule has 3 N–H and O–H groups in total. The van der Waals surface area contributed by atoms with Gasteiger partial charge in [0, 0.05) is 51.8 Å². The lowest BCUT2D eigenvalue weighted by atomic mass is 9.90. The van der Waals surface area contributed by atoms with E-state index in [1.807, 2.05) is 30.3 Å². The number of fused-ring (bicyclic) bond motifs is 5. The second-order valence-electron chi connectivity index (χ2n) is 9.81. The number of carboxylic acid groups (broad SMARTS) is 1. The Balaban J connectivity index is 1.34. The van der Waals surface area contributed by atoms with Crippen LogP contribution < -0.4 is 10.7 Å². The molecule has 0 spiro atoms. The molecular weight excluding hydrogens is 564 g/mol. The molecule has 1 aliphatic heterocycles. The first kappa shape index (κ1) is 26.2. The number of carboxylic acids is 1. The zero-order chi connectivity index (χ0) is 29.7. The van der Waals surface area contributed by atoms with Gasteiger partial charge in [-0.1, -0.05) is 12.1 Å². The molecule has 10 heteroatoms. The number of phenolic OH excluding ortho intramolecular Hbond substituents is 1. The van der Waals surface area contributed by atoms with Crippen molar-refractivity contribution in [2.24, 2.45) is 4.99 Å². The van der Waals surface area contributed by atoms with Crippen molar-refractivity contribution in [1.82, 2.24) is 9.97 Å². The highest BCUT2D eigenvalue weighted by atomic mass is 32.1. The van der Waals surface area contributed by atoms with Crippen LogP contribution in [0.5, 0.6) is 5.75 Å². The molecule has 5 aromatic rings. The molecule has 2 aliphatic rings. The Morgan fingerprint density at radius 3 is 2.49 bits per heavy atom. The Hall–Kier alpha value is -5.74. The van der Waals surface area contributed by atoms with Gasteiger partial charge in [0.05, 0.1) is 28.0 Å². The molecule has 0 saturated carbocycles. The van der Waals surface area contributed by atoms with Crippen molar-refractivity contribution in [2.75, 3.05) is 5.32 Å². The van der Waals surface area contributed by atoms with Gasteiger partial charge in [0.25, 0.3) is 0 Å². The van der Waals surface area contributed by atoms with Crippen molar-refractivity contribution in [1.29, 1.82) is 0 Å². The highest BCUT2D eigenvalue weighted by Gasteiger charge is 2.22. The number of rotatable bonds is 4. The number of amidine groups is 1. The third-order valence-corrected chi connectivity index (χ3v) is 7.33. The van der Waals surface area contributed by atoms with E-state index in [0.29, 0.717) is 33.3 Å². The van der Waals surface area contributed by atoms with E-state index in [9.17, 15) is 19.8 Å². The molecule has 1 aliphatic carbocycles. The molecule has 0 bridgehead atoms. The van der Waals surface area contributed by atoms with E-state index >= 15 is 0 Å². The van der Waals surface area contributed by atoms with E-state index in [1.54, 1.807) is 36.7 Å². The molecular formula is C33H20N4O5S. The van der Waals surface area contributed by atoms with Gasteiger partial charge in [-0.25, -0.2) is 9.79 Å². The Bertz CT molecular complexity index is 2310. The number of carbonyl (C=O) groups is 1. The van der Waals surface area contributed by atoms with E-state index in [0.717, 1.165) is 27.5 Å². The molecule has 3 aromatic carbocycles. The van der Waals surface area contributed by atoms with Crippen LogP contribution in [0.3, 0.4) is 0 Å². The van der Waals surface area contributed by atoms with Gasteiger partial charge in [0.2, 0.25) is 0 Å². The smallest absolute Gasteiger partial charge is 0.336 e. The number of aromatic nitrogens is 2. The van der Waals surface area contributed by atoms with Crippen molar-refractivity contribution >= 4 is 67.9 Å². The van der Waals surface area contributed by atoms with Gasteiger partial charge in [-0.15, -0.1) is 12.6 Å². The summed E-state index contributed by atoms with van der Waals surface area (Å²) in [5, 5.41) is 26.1. The van der Waals surface area contributed by atoms with Crippen LogP contribution in [-0.4, -0.2) is 31.3 Å². The SMILES string of the molecule is O=C(O)c1cc(N=C(S)Nc2cc3cccnc3c3ncccc23)ccc1-c1c2ccc(=O)cc-2oc2cc(O)ccc12. The van der Waals surface area contributed by atoms with Crippen molar-refractivity contribution in [3.8, 4) is 28.2 Å².